The highest BCUT2D eigenvalue weighted by molar-refractivity contribution is 5.19. The summed E-state index contributed by atoms with van der Waals surface area (Å²) in [6.07, 6.45) is 6.85. The first kappa shape index (κ1) is 14.5. The lowest BCUT2D eigenvalue weighted by atomic mass is 10.1. The van der Waals surface area contributed by atoms with Crippen molar-refractivity contribution in [1.29, 1.82) is 0 Å². The Morgan fingerprint density at radius 3 is 2.55 bits per heavy atom. The molecule has 0 spiro atoms. The number of ether oxygens (including phenoxy) is 1. The highest BCUT2D eigenvalue weighted by Gasteiger charge is 2.09. The zero-order valence-electron chi connectivity index (χ0n) is 12.4. The van der Waals surface area contributed by atoms with Crippen LogP contribution in [0.1, 0.15) is 33.4 Å². The molecule has 108 valence electrons. The van der Waals surface area contributed by atoms with Crippen LogP contribution in [0.2, 0.25) is 0 Å². The van der Waals surface area contributed by atoms with Crippen molar-refractivity contribution in [3.63, 3.8) is 0 Å². The third-order valence-electron chi connectivity index (χ3n) is 2.64. The molecule has 0 aromatic carbocycles. The maximum Gasteiger partial charge on any atom is 0.238 e. The molecular formula is C14H21N5O. The average Bonchev–Trinajstić information content (AvgIpc) is 2.85. The second-order valence-corrected chi connectivity index (χ2v) is 5.58. The van der Waals surface area contributed by atoms with Gasteiger partial charge in [0.2, 0.25) is 5.88 Å². The molecule has 1 N–H and O–H groups in total. The molecule has 0 aliphatic heterocycles. The summed E-state index contributed by atoms with van der Waals surface area (Å²) in [6.45, 7) is 9.86. The van der Waals surface area contributed by atoms with Gasteiger partial charge in [0.05, 0.1) is 30.5 Å². The Labute approximate surface area is 119 Å². The minimum Gasteiger partial charge on any atom is -0.434 e. The van der Waals surface area contributed by atoms with Gasteiger partial charge in [0.15, 0.2) is 5.75 Å². The van der Waals surface area contributed by atoms with Gasteiger partial charge in [-0.15, -0.1) is 0 Å². The van der Waals surface area contributed by atoms with E-state index in [0.29, 0.717) is 18.2 Å². The van der Waals surface area contributed by atoms with E-state index in [1.54, 1.807) is 23.3 Å². The van der Waals surface area contributed by atoms with Crippen molar-refractivity contribution in [1.82, 2.24) is 25.1 Å². The Kier molecular flexibility index (Phi) is 4.34. The molecule has 0 aliphatic carbocycles. The summed E-state index contributed by atoms with van der Waals surface area (Å²) in [4.78, 5) is 8.58. The average molecular weight is 275 g/mol. The molecule has 0 fully saturated rings. The summed E-state index contributed by atoms with van der Waals surface area (Å²) in [5.74, 6) is 1.14. The fraction of sp³-hybridized carbons (Fsp3) is 0.500. The molecule has 0 saturated carbocycles. The van der Waals surface area contributed by atoms with Crippen LogP contribution >= 0.6 is 0 Å². The molecule has 0 amide bonds. The van der Waals surface area contributed by atoms with Crippen LogP contribution in [0.5, 0.6) is 11.6 Å². The van der Waals surface area contributed by atoms with Crippen LogP contribution in [0.25, 0.3) is 0 Å². The van der Waals surface area contributed by atoms with Crippen LogP contribution in [-0.2, 0) is 13.1 Å². The second kappa shape index (κ2) is 6.00. The van der Waals surface area contributed by atoms with Gasteiger partial charge in [0.25, 0.3) is 0 Å². The monoisotopic (exact) mass is 275 g/mol. The van der Waals surface area contributed by atoms with Gasteiger partial charge in [-0.3, -0.25) is 9.67 Å². The number of nitrogens with zero attached hydrogens (tertiary/aromatic N) is 4. The molecule has 2 aromatic rings. The largest absolute Gasteiger partial charge is 0.434 e. The number of nitrogens with one attached hydrogen (secondary N) is 1. The summed E-state index contributed by atoms with van der Waals surface area (Å²) in [5, 5.41) is 7.50. The molecule has 0 bridgehead atoms. The van der Waals surface area contributed by atoms with E-state index < -0.39 is 0 Å². The van der Waals surface area contributed by atoms with Crippen molar-refractivity contribution < 1.29 is 4.74 Å². The molecule has 0 radical (unpaired) electrons. The number of hydrogen-bond acceptors (Lipinski definition) is 5. The van der Waals surface area contributed by atoms with E-state index in [0.717, 1.165) is 12.2 Å². The van der Waals surface area contributed by atoms with Gasteiger partial charge in [-0.05, 0) is 27.7 Å². The van der Waals surface area contributed by atoms with Gasteiger partial charge in [0, 0.05) is 18.6 Å². The van der Waals surface area contributed by atoms with E-state index in [9.17, 15) is 0 Å². The molecule has 2 heterocycles. The Morgan fingerprint density at radius 2 is 2.00 bits per heavy atom. The minimum absolute atomic E-state index is 0.0611. The first-order valence-electron chi connectivity index (χ1n) is 6.72. The molecule has 20 heavy (non-hydrogen) atoms. The zero-order chi connectivity index (χ0) is 14.6. The van der Waals surface area contributed by atoms with Gasteiger partial charge in [0.1, 0.15) is 0 Å². The van der Waals surface area contributed by atoms with Gasteiger partial charge in [-0.2, -0.15) is 5.10 Å². The zero-order valence-corrected chi connectivity index (χ0v) is 12.4. The molecule has 6 nitrogen and oxygen atoms in total. The minimum atomic E-state index is 0.0611. The van der Waals surface area contributed by atoms with Crippen LogP contribution in [0.3, 0.4) is 0 Å². The van der Waals surface area contributed by atoms with Gasteiger partial charge < -0.3 is 10.1 Å². The molecule has 0 unspecified atom stereocenters. The Hall–Kier alpha value is -1.95. The van der Waals surface area contributed by atoms with Crippen molar-refractivity contribution >= 4 is 0 Å². The Morgan fingerprint density at radius 1 is 1.20 bits per heavy atom. The number of aryl methyl sites for hydroxylation is 1. The quantitative estimate of drug-likeness (QED) is 0.907. The van der Waals surface area contributed by atoms with E-state index in [1.165, 1.54) is 0 Å². The fourth-order valence-corrected chi connectivity index (χ4v) is 1.53. The summed E-state index contributed by atoms with van der Waals surface area (Å²) in [7, 11) is 0. The van der Waals surface area contributed by atoms with Crippen LogP contribution in [0.4, 0.5) is 0 Å². The standard InChI is InChI=1S/C14H21N5O/c1-5-19-10-12(8-18-19)20-13-9-15-11(6-16-13)7-17-14(2,3)4/h6,8-10,17H,5,7H2,1-4H3. The third-order valence-corrected chi connectivity index (χ3v) is 2.64. The van der Waals surface area contributed by atoms with Crippen LogP contribution < -0.4 is 10.1 Å². The summed E-state index contributed by atoms with van der Waals surface area (Å²) < 4.78 is 7.38. The first-order chi connectivity index (χ1) is 9.46. The molecule has 0 saturated heterocycles. The Balaban J connectivity index is 1.94. The third kappa shape index (κ3) is 4.31. The van der Waals surface area contributed by atoms with Gasteiger partial charge >= 0.3 is 0 Å². The van der Waals surface area contributed by atoms with Crippen LogP contribution in [0, 0.1) is 0 Å². The highest BCUT2D eigenvalue weighted by atomic mass is 16.5. The predicted molar refractivity (Wildman–Crippen MR) is 76.6 cm³/mol. The number of hydrogen-bond donors (Lipinski definition) is 1. The maximum atomic E-state index is 5.58. The van der Waals surface area contributed by atoms with Crippen molar-refractivity contribution in [3.8, 4) is 11.6 Å². The smallest absolute Gasteiger partial charge is 0.238 e. The summed E-state index contributed by atoms with van der Waals surface area (Å²) in [5.41, 5.74) is 0.947. The predicted octanol–water partition coefficient (Wildman–Crippen LogP) is 2.37. The van der Waals surface area contributed by atoms with E-state index in [1.807, 2.05) is 13.1 Å². The fourth-order valence-electron chi connectivity index (χ4n) is 1.53. The van der Waals surface area contributed by atoms with Crippen LogP contribution in [-0.4, -0.2) is 25.3 Å². The normalized spacial score (nSPS) is 11.6. The van der Waals surface area contributed by atoms with E-state index in [-0.39, 0.29) is 5.54 Å². The van der Waals surface area contributed by atoms with E-state index >= 15 is 0 Å². The highest BCUT2D eigenvalue weighted by Crippen LogP contribution is 2.17. The lowest BCUT2D eigenvalue weighted by Crippen LogP contribution is -2.35. The van der Waals surface area contributed by atoms with Gasteiger partial charge in [-0.25, -0.2) is 4.98 Å². The van der Waals surface area contributed by atoms with Crippen molar-refractivity contribution in [2.75, 3.05) is 0 Å². The van der Waals surface area contributed by atoms with Crippen molar-refractivity contribution in [2.24, 2.45) is 0 Å². The lowest BCUT2D eigenvalue weighted by molar-refractivity contribution is 0.418. The lowest BCUT2D eigenvalue weighted by Gasteiger charge is -2.19. The van der Waals surface area contributed by atoms with Crippen molar-refractivity contribution in [3.05, 3.63) is 30.5 Å². The molecule has 0 aliphatic rings. The molecule has 0 atom stereocenters. The van der Waals surface area contributed by atoms with Crippen LogP contribution in [0.15, 0.2) is 24.8 Å². The molecular weight excluding hydrogens is 254 g/mol. The summed E-state index contributed by atoms with van der Waals surface area (Å²) in [6, 6.07) is 0. The summed E-state index contributed by atoms with van der Waals surface area (Å²) >= 11 is 0. The molecule has 2 aromatic heterocycles. The topological polar surface area (TPSA) is 64.9 Å². The van der Waals surface area contributed by atoms with Gasteiger partial charge in [-0.1, -0.05) is 0 Å². The molecule has 6 heteroatoms. The van der Waals surface area contributed by atoms with E-state index in [2.05, 4.69) is 41.2 Å². The van der Waals surface area contributed by atoms with Crippen molar-refractivity contribution in [2.45, 2.75) is 46.3 Å². The SMILES string of the molecule is CCn1cc(Oc2cnc(CNC(C)(C)C)cn2)cn1. The first-order valence-corrected chi connectivity index (χ1v) is 6.72. The second-order valence-electron chi connectivity index (χ2n) is 5.58. The van der Waals surface area contributed by atoms with E-state index in [4.69, 9.17) is 4.74 Å². The Bertz CT molecular complexity index is 541. The number of aromatic nitrogens is 4. The number of rotatable bonds is 5. The molecule has 2 rings (SSSR count). The maximum absolute atomic E-state index is 5.58.